The van der Waals surface area contributed by atoms with E-state index < -0.39 is 0 Å². The third-order valence-electron chi connectivity index (χ3n) is 2.51. The van der Waals surface area contributed by atoms with Crippen molar-refractivity contribution in [1.82, 2.24) is 4.90 Å². The van der Waals surface area contributed by atoms with E-state index >= 15 is 0 Å². The Hall–Kier alpha value is -0.610. The van der Waals surface area contributed by atoms with Crippen molar-refractivity contribution in [1.29, 1.82) is 0 Å². The van der Waals surface area contributed by atoms with Crippen molar-refractivity contribution in [2.75, 3.05) is 20.1 Å². The fourth-order valence-electron chi connectivity index (χ4n) is 1.59. The van der Waals surface area contributed by atoms with Gasteiger partial charge in [0.05, 0.1) is 0 Å². The number of piperidine rings is 1. The highest BCUT2D eigenvalue weighted by molar-refractivity contribution is 5.75. The van der Waals surface area contributed by atoms with Crippen LogP contribution in [0.15, 0.2) is 0 Å². The first-order valence-electron chi connectivity index (χ1n) is 4.28. The minimum absolute atomic E-state index is 0.290. The molecule has 0 bridgehead atoms. The molecular weight excluding hydrogens is 154 g/mol. The van der Waals surface area contributed by atoms with Crippen LogP contribution in [-0.4, -0.2) is 36.5 Å². The maximum Gasteiger partial charge on any atom is 0.219 e. The lowest BCUT2D eigenvalue weighted by Crippen LogP contribution is -2.51. The van der Waals surface area contributed by atoms with Gasteiger partial charge in [0.1, 0.15) is 0 Å². The fourth-order valence-corrected chi connectivity index (χ4v) is 1.59. The van der Waals surface area contributed by atoms with Crippen LogP contribution in [0.2, 0.25) is 0 Å². The average Bonchev–Trinajstić information content (AvgIpc) is 1.94. The molecule has 12 heavy (non-hydrogen) atoms. The Morgan fingerprint density at radius 3 is 2.42 bits per heavy atom. The largest absolute Gasteiger partial charge is 0.370 e. The van der Waals surface area contributed by atoms with Crippen LogP contribution < -0.4 is 11.5 Å². The summed E-state index contributed by atoms with van der Waals surface area (Å²) in [4.78, 5) is 12.9. The fraction of sp³-hybridized carbons (Fsp3) is 0.875. The van der Waals surface area contributed by atoms with Gasteiger partial charge in [-0.2, -0.15) is 0 Å². The molecule has 0 aromatic rings. The minimum atomic E-state index is -0.335. The van der Waals surface area contributed by atoms with Crippen LogP contribution in [0.4, 0.5) is 0 Å². The molecule has 0 atom stereocenters. The second-order valence-electron chi connectivity index (χ2n) is 3.81. The van der Waals surface area contributed by atoms with Crippen molar-refractivity contribution in [3.8, 4) is 0 Å². The molecule has 1 heterocycles. The molecule has 0 aliphatic carbocycles. The molecule has 1 aliphatic rings. The Balaban J connectivity index is 2.44. The standard InChI is InChI=1S/C8H17N3O/c1-11-4-2-8(10,3-5-11)6-7(9)12/h2-6,10H2,1H3,(H2,9,12). The third kappa shape index (κ3) is 2.46. The van der Waals surface area contributed by atoms with E-state index in [2.05, 4.69) is 11.9 Å². The maximum absolute atomic E-state index is 10.7. The molecule has 0 saturated carbocycles. The number of carbonyl (C=O) groups is 1. The summed E-state index contributed by atoms with van der Waals surface area (Å²) in [5.41, 5.74) is 10.8. The van der Waals surface area contributed by atoms with Gasteiger partial charge in [-0.3, -0.25) is 4.79 Å². The first kappa shape index (κ1) is 9.48. The van der Waals surface area contributed by atoms with Gasteiger partial charge in [0.2, 0.25) is 5.91 Å². The number of carbonyl (C=O) groups excluding carboxylic acids is 1. The molecule has 1 rings (SSSR count). The number of nitrogens with two attached hydrogens (primary N) is 2. The lowest BCUT2D eigenvalue weighted by molar-refractivity contribution is -0.119. The lowest BCUT2D eigenvalue weighted by atomic mass is 9.85. The first-order chi connectivity index (χ1) is 5.52. The van der Waals surface area contributed by atoms with Crippen molar-refractivity contribution >= 4 is 5.91 Å². The summed E-state index contributed by atoms with van der Waals surface area (Å²) < 4.78 is 0. The second kappa shape index (κ2) is 3.41. The molecule has 4 heteroatoms. The Labute approximate surface area is 72.9 Å². The van der Waals surface area contributed by atoms with E-state index in [1.165, 1.54) is 0 Å². The summed E-state index contributed by atoms with van der Waals surface area (Å²) in [6.07, 6.45) is 2.06. The zero-order valence-corrected chi connectivity index (χ0v) is 7.55. The number of amides is 1. The van der Waals surface area contributed by atoms with E-state index in [0.29, 0.717) is 6.42 Å². The van der Waals surface area contributed by atoms with Gasteiger partial charge in [-0.1, -0.05) is 0 Å². The maximum atomic E-state index is 10.7. The normalized spacial score (nSPS) is 23.8. The predicted molar refractivity (Wildman–Crippen MR) is 47.5 cm³/mol. The Morgan fingerprint density at radius 2 is 2.00 bits per heavy atom. The van der Waals surface area contributed by atoms with Gasteiger partial charge in [0.25, 0.3) is 0 Å². The van der Waals surface area contributed by atoms with Gasteiger partial charge in [-0.05, 0) is 33.0 Å². The number of nitrogens with zero attached hydrogens (tertiary/aromatic N) is 1. The summed E-state index contributed by atoms with van der Waals surface area (Å²) in [5.74, 6) is -0.290. The highest BCUT2D eigenvalue weighted by Gasteiger charge is 2.30. The smallest absolute Gasteiger partial charge is 0.219 e. The number of hydrogen-bond donors (Lipinski definition) is 2. The highest BCUT2D eigenvalue weighted by Crippen LogP contribution is 2.21. The Bertz CT molecular complexity index is 173. The molecular formula is C8H17N3O. The van der Waals surface area contributed by atoms with E-state index in [9.17, 15) is 4.79 Å². The van der Waals surface area contributed by atoms with E-state index in [1.807, 2.05) is 0 Å². The molecule has 1 saturated heterocycles. The van der Waals surface area contributed by atoms with E-state index in [-0.39, 0.29) is 11.4 Å². The molecule has 0 aromatic carbocycles. The molecule has 1 aliphatic heterocycles. The molecule has 0 unspecified atom stereocenters. The second-order valence-corrected chi connectivity index (χ2v) is 3.81. The van der Waals surface area contributed by atoms with Crippen molar-refractivity contribution in [3.05, 3.63) is 0 Å². The highest BCUT2D eigenvalue weighted by atomic mass is 16.1. The SMILES string of the molecule is CN1CCC(N)(CC(N)=O)CC1. The predicted octanol–water partition coefficient (Wildman–Crippen LogP) is -0.715. The quantitative estimate of drug-likeness (QED) is 0.576. The number of likely N-dealkylation sites (tertiary alicyclic amines) is 1. The van der Waals surface area contributed by atoms with E-state index in [4.69, 9.17) is 11.5 Å². The summed E-state index contributed by atoms with van der Waals surface area (Å²) >= 11 is 0. The van der Waals surface area contributed by atoms with Crippen LogP contribution in [0, 0.1) is 0 Å². The monoisotopic (exact) mass is 171 g/mol. The summed E-state index contributed by atoms with van der Waals surface area (Å²) in [6.45, 7) is 1.92. The lowest BCUT2D eigenvalue weighted by Gasteiger charge is -2.36. The molecule has 0 radical (unpaired) electrons. The van der Waals surface area contributed by atoms with Crippen molar-refractivity contribution < 1.29 is 4.79 Å². The van der Waals surface area contributed by atoms with E-state index in [1.54, 1.807) is 0 Å². The van der Waals surface area contributed by atoms with Gasteiger partial charge in [-0.15, -0.1) is 0 Å². The van der Waals surface area contributed by atoms with E-state index in [0.717, 1.165) is 25.9 Å². The molecule has 1 fully saturated rings. The first-order valence-corrected chi connectivity index (χ1v) is 4.28. The number of rotatable bonds is 2. The molecule has 70 valence electrons. The van der Waals surface area contributed by atoms with Gasteiger partial charge in [-0.25, -0.2) is 0 Å². The van der Waals surface area contributed by atoms with Crippen molar-refractivity contribution in [2.24, 2.45) is 11.5 Å². The molecule has 4 N–H and O–H groups in total. The zero-order chi connectivity index (χ0) is 9.19. The summed E-state index contributed by atoms with van der Waals surface area (Å²) in [7, 11) is 2.06. The van der Waals surface area contributed by atoms with Crippen LogP contribution in [0.25, 0.3) is 0 Å². The molecule has 4 nitrogen and oxygen atoms in total. The van der Waals surface area contributed by atoms with Crippen LogP contribution in [-0.2, 0) is 4.79 Å². The van der Waals surface area contributed by atoms with Gasteiger partial charge in [0.15, 0.2) is 0 Å². The number of primary amides is 1. The van der Waals surface area contributed by atoms with Crippen molar-refractivity contribution in [2.45, 2.75) is 24.8 Å². The molecule has 1 amide bonds. The topological polar surface area (TPSA) is 72.3 Å². The third-order valence-corrected chi connectivity index (χ3v) is 2.51. The summed E-state index contributed by atoms with van der Waals surface area (Å²) in [6, 6.07) is 0. The average molecular weight is 171 g/mol. The summed E-state index contributed by atoms with van der Waals surface area (Å²) in [5, 5.41) is 0. The van der Waals surface area contributed by atoms with Crippen LogP contribution in [0.5, 0.6) is 0 Å². The number of hydrogen-bond acceptors (Lipinski definition) is 3. The van der Waals surface area contributed by atoms with Crippen LogP contribution in [0.1, 0.15) is 19.3 Å². The van der Waals surface area contributed by atoms with Gasteiger partial charge >= 0.3 is 0 Å². The Morgan fingerprint density at radius 1 is 1.50 bits per heavy atom. The molecule has 0 aromatic heterocycles. The Kier molecular flexibility index (Phi) is 2.69. The van der Waals surface area contributed by atoms with Crippen LogP contribution in [0.3, 0.4) is 0 Å². The molecule has 0 spiro atoms. The van der Waals surface area contributed by atoms with Gasteiger partial charge in [0, 0.05) is 12.0 Å². The van der Waals surface area contributed by atoms with Crippen LogP contribution >= 0.6 is 0 Å². The van der Waals surface area contributed by atoms with Crippen molar-refractivity contribution in [3.63, 3.8) is 0 Å². The van der Waals surface area contributed by atoms with Gasteiger partial charge < -0.3 is 16.4 Å². The minimum Gasteiger partial charge on any atom is -0.370 e. The zero-order valence-electron chi connectivity index (χ0n) is 7.55.